The van der Waals surface area contributed by atoms with E-state index in [0.717, 1.165) is 41.2 Å². The zero-order valence-corrected chi connectivity index (χ0v) is 15.3. The molecule has 2 aliphatic carbocycles. The SMILES string of the molecule is CCC1CC2CC(C)C(CNC(=O)c3c(C)nn(C)c3C)(C1)C2. The lowest BCUT2D eigenvalue weighted by molar-refractivity contribution is 0.0841. The number of hydrogen-bond acceptors (Lipinski definition) is 2. The van der Waals surface area contributed by atoms with E-state index in [-0.39, 0.29) is 5.91 Å². The highest BCUT2D eigenvalue weighted by molar-refractivity contribution is 5.96. The lowest BCUT2D eigenvalue weighted by Crippen LogP contribution is -2.42. The van der Waals surface area contributed by atoms with Crippen LogP contribution in [0.15, 0.2) is 0 Å². The number of aromatic nitrogens is 2. The van der Waals surface area contributed by atoms with Crippen LogP contribution in [0.5, 0.6) is 0 Å². The highest BCUT2D eigenvalue weighted by atomic mass is 16.1. The molecule has 1 heterocycles. The van der Waals surface area contributed by atoms with Crippen LogP contribution in [0.4, 0.5) is 0 Å². The van der Waals surface area contributed by atoms with Crippen molar-refractivity contribution in [1.29, 1.82) is 0 Å². The molecule has 2 fully saturated rings. The minimum atomic E-state index is 0.0525. The van der Waals surface area contributed by atoms with Gasteiger partial charge < -0.3 is 5.32 Å². The number of nitrogens with one attached hydrogen (secondary N) is 1. The van der Waals surface area contributed by atoms with Crippen LogP contribution in [-0.2, 0) is 7.05 Å². The Morgan fingerprint density at radius 2 is 2.09 bits per heavy atom. The zero-order valence-electron chi connectivity index (χ0n) is 15.3. The van der Waals surface area contributed by atoms with E-state index >= 15 is 0 Å². The Hall–Kier alpha value is -1.32. The van der Waals surface area contributed by atoms with Crippen molar-refractivity contribution in [3.63, 3.8) is 0 Å². The van der Waals surface area contributed by atoms with E-state index < -0.39 is 0 Å². The average molecular weight is 317 g/mol. The second kappa shape index (κ2) is 5.95. The van der Waals surface area contributed by atoms with Gasteiger partial charge in [0.05, 0.1) is 11.3 Å². The van der Waals surface area contributed by atoms with Gasteiger partial charge >= 0.3 is 0 Å². The molecule has 2 saturated carbocycles. The maximum Gasteiger partial charge on any atom is 0.255 e. The van der Waals surface area contributed by atoms with Crippen LogP contribution in [-0.4, -0.2) is 22.2 Å². The van der Waals surface area contributed by atoms with E-state index in [1.54, 1.807) is 4.68 Å². The maximum absolute atomic E-state index is 12.7. The lowest BCUT2D eigenvalue weighted by Gasteiger charge is -2.40. The third-order valence-electron chi connectivity index (χ3n) is 6.70. The van der Waals surface area contributed by atoms with Crippen LogP contribution in [0, 0.1) is 37.0 Å². The second-order valence-corrected chi connectivity index (χ2v) is 8.14. The molecular formula is C19H31N3O. The molecule has 0 saturated heterocycles. The molecule has 4 atom stereocenters. The molecule has 128 valence electrons. The summed E-state index contributed by atoms with van der Waals surface area (Å²) in [6.45, 7) is 9.42. The number of hydrogen-bond donors (Lipinski definition) is 1. The van der Waals surface area contributed by atoms with Gasteiger partial charge in [-0.2, -0.15) is 5.10 Å². The van der Waals surface area contributed by atoms with Crippen molar-refractivity contribution in [2.24, 2.45) is 30.2 Å². The monoisotopic (exact) mass is 317 g/mol. The second-order valence-electron chi connectivity index (χ2n) is 8.14. The number of carbonyl (C=O) groups excluding carboxylic acids is 1. The number of aryl methyl sites for hydroxylation is 2. The molecule has 3 rings (SSSR count). The predicted molar refractivity (Wildman–Crippen MR) is 92.4 cm³/mol. The first kappa shape index (κ1) is 16.5. The molecule has 0 aromatic carbocycles. The quantitative estimate of drug-likeness (QED) is 0.922. The average Bonchev–Trinajstić information content (AvgIpc) is 2.89. The Balaban J connectivity index is 1.73. The molecule has 4 heteroatoms. The van der Waals surface area contributed by atoms with E-state index in [0.29, 0.717) is 5.41 Å². The summed E-state index contributed by atoms with van der Waals surface area (Å²) >= 11 is 0. The van der Waals surface area contributed by atoms with E-state index in [9.17, 15) is 4.79 Å². The van der Waals surface area contributed by atoms with E-state index in [1.165, 1.54) is 32.1 Å². The third-order valence-corrected chi connectivity index (χ3v) is 6.70. The Morgan fingerprint density at radius 3 is 2.70 bits per heavy atom. The number of rotatable bonds is 4. The molecule has 0 aliphatic heterocycles. The zero-order chi connectivity index (χ0) is 16.8. The van der Waals surface area contributed by atoms with E-state index in [1.807, 2.05) is 20.9 Å². The van der Waals surface area contributed by atoms with Crippen LogP contribution >= 0.6 is 0 Å². The van der Waals surface area contributed by atoms with Gasteiger partial charge in [-0.25, -0.2) is 0 Å². The summed E-state index contributed by atoms with van der Waals surface area (Å²) in [5.74, 6) is 2.50. The molecule has 23 heavy (non-hydrogen) atoms. The Morgan fingerprint density at radius 1 is 1.35 bits per heavy atom. The van der Waals surface area contributed by atoms with Crippen LogP contribution in [0.1, 0.15) is 67.7 Å². The summed E-state index contributed by atoms with van der Waals surface area (Å²) in [5, 5.41) is 7.63. The fraction of sp³-hybridized carbons (Fsp3) is 0.789. The largest absolute Gasteiger partial charge is 0.351 e. The molecule has 1 aromatic heterocycles. The lowest BCUT2D eigenvalue weighted by atomic mass is 9.67. The maximum atomic E-state index is 12.7. The fourth-order valence-corrected chi connectivity index (χ4v) is 5.28. The molecule has 2 aliphatic rings. The topological polar surface area (TPSA) is 46.9 Å². The molecular weight excluding hydrogens is 286 g/mol. The van der Waals surface area contributed by atoms with Gasteiger partial charge in [-0.05, 0) is 62.7 Å². The molecule has 0 radical (unpaired) electrons. The fourth-order valence-electron chi connectivity index (χ4n) is 5.28. The molecule has 4 nitrogen and oxygen atoms in total. The Kier molecular flexibility index (Phi) is 4.28. The van der Waals surface area contributed by atoms with Crippen molar-refractivity contribution >= 4 is 5.91 Å². The molecule has 2 bridgehead atoms. The van der Waals surface area contributed by atoms with Gasteiger partial charge in [0.2, 0.25) is 0 Å². The van der Waals surface area contributed by atoms with Gasteiger partial charge in [0.1, 0.15) is 0 Å². The third kappa shape index (κ3) is 2.81. The van der Waals surface area contributed by atoms with Crippen molar-refractivity contribution in [2.45, 2.75) is 59.8 Å². The van der Waals surface area contributed by atoms with Gasteiger partial charge in [0.25, 0.3) is 5.91 Å². The summed E-state index contributed by atoms with van der Waals surface area (Å²) < 4.78 is 1.80. The molecule has 1 N–H and O–H groups in total. The highest BCUT2D eigenvalue weighted by Crippen LogP contribution is 2.56. The summed E-state index contributed by atoms with van der Waals surface area (Å²) in [7, 11) is 1.90. The minimum absolute atomic E-state index is 0.0525. The summed E-state index contributed by atoms with van der Waals surface area (Å²) in [4.78, 5) is 12.7. The molecule has 4 unspecified atom stereocenters. The van der Waals surface area contributed by atoms with Crippen molar-refractivity contribution in [2.75, 3.05) is 6.54 Å². The normalized spacial score (nSPS) is 33.0. The highest BCUT2D eigenvalue weighted by Gasteiger charge is 2.49. The van der Waals surface area contributed by atoms with Crippen molar-refractivity contribution in [3.8, 4) is 0 Å². The van der Waals surface area contributed by atoms with Gasteiger partial charge in [-0.3, -0.25) is 9.48 Å². The number of fused-ring (bicyclic) bond motifs is 2. The van der Waals surface area contributed by atoms with Crippen LogP contribution < -0.4 is 5.32 Å². The van der Waals surface area contributed by atoms with Gasteiger partial charge in [0.15, 0.2) is 0 Å². The summed E-state index contributed by atoms with van der Waals surface area (Å²) in [5.41, 5.74) is 2.86. The predicted octanol–water partition coefficient (Wildman–Crippen LogP) is 3.62. The van der Waals surface area contributed by atoms with Crippen molar-refractivity contribution < 1.29 is 4.79 Å². The Bertz CT molecular complexity index is 606. The molecule has 1 amide bonds. The van der Waals surface area contributed by atoms with Crippen molar-refractivity contribution in [1.82, 2.24) is 15.1 Å². The first-order valence-corrected chi connectivity index (χ1v) is 9.14. The van der Waals surface area contributed by atoms with Crippen LogP contribution in [0.25, 0.3) is 0 Å². The minimum Gasteiger partial charge on any atom is -0.351 e. The summed E-state index contributed by atoms with van der Waals surface area (Å²) in [6, 6.07) is 0. The van der Waals surface area contributed by atoms with Gasteiger partial charge in [-0.1, -0.05) is 20.3 Å². The van der Waals surface area contributed by atoms with Crippen molar-refractivity contribution in [3.05, 3.63) is 17.0 Å². The van der Waals surface area contributed by atoms with Gasteiger partial charge in [0, 0.05) is 19.3 Å². The van der Waals surface area contributed by atoms with Crippen LogP contribution in [0.3, 0.4) is 0 Å². The van der Waals surface area contributed by atoms with E-state index in [4.69, 9.17) is 0 Å². The number of amides is 1. The standard InChI is InChI=1S/C19H31N3O/c1-6-15-8-16-7-12(2)19(9-15,10-16)11-20-18(23)17-13(3)21-22(5)14(17)4/h12,15-16H,6-11H2,1-5H3,(H,20,23). The first-order valence-electron chi connectivity index (χ1n) is 9.14. The van der Waals surface area contributed by atoms with Gasteiger partial charge in [-0.15, -0.1) is 0 Å². The smallest absolute Gasteiger partial charge is 0.255 e. The number of carbonyl (C=O) groups is 1. The first-order chi connectivity index (χ1) is 10.9. The number of nitrogens with zero attached hydrogens (tertiary/aromatic N) is 2. The van der Waals surface area contributed by atoms with Crippen LogP contribution in [0.2, 0.25) is 0 Å². The molecule has 0 spiro atoms. The molecule has 1 aromatic rings. The summed E-state index contributed by atoms with van der Waals surface area (Å²) in [6.07, 6.45) is 6.61. The van der Waals surface area contributed by atoms with E-state index in [2.05, 4.69) is 24.3 Å². The Labute approximate surface area is 140 Å².